The lowest BCUT2D eigenvalue weighted by molar-refractivity contribution is 0.155. The fourth-order valence-electron chi connectivity index (χ4n) is 6.03. The van der Waals surface area contributed by atoms with Crippen LogP contribution in [0.2, 0.25) is 0 Å². The van der Waals surface area contributed by atoms with Crippen molar-refractivity contribution >= 4 is 5.69 Å². The third-order valence-electron chi connectivity index (χ3n) is 7.95. The average Bonchev–Trinajstić information content (AvgIpc) is 2.74. The fraction of sp³-hybridized carbons (Fsp3) is 0.778. The first-order valence-corrected chi connectivity index (χ1v) is 12.6. The van der Waals surface area contributed by atoms with Gasteiger partial charge < -0.3 is 5.73 Å². The van der Waals surface area contributed by atoms with Crippen LogP contribution in [0.4, 0.5) is 5.69 Å². The van der Waals surface area contributed by atoms with E-state index in [2.05, 4.69) is 31.2 Å². The van der Waals surface area contributed by atoms with Crippen molar-refractivity contribution in [3.8, 4) is 0 Å². The molecule has 2 N–H and O–H groups in total. The summed E-state index contributed by atoms with van der Waals surface area (Å²) in [6.45, 7) is 2.31. The maximum Gasteiger partial charge on any atom is 0.0314 e. The molecule has 1 aromatic rings. The normalized spacial score (nSPS) is 28.3. The van der Waals surface area contributed by atoms with Crippen LogP contribution in [0, 0.1) is 17.8 Å². The highest BCUT2D eigenvalue weighted by Crippen LogP contribution is 2.44. The molecule has 2 aliphatic rings. The molecule has 1 heteroatoms. The molecule has 0 saturated heterocycles. The summed E-state index contributed by atoms with van der Waals surface area (Å²) in [5.74, 6) is 3.89. The van der Waals surface area contributed by atoms with Gasteiger partial charge in [0.25, 0.3) is 0 Å². The molecule has 28 heavy (non-hydrogen) atoms. The summed E-state index contributed by atoms with van der Waals surface area (Å²) in [7, 11) is 0. The van der Waals surface area contributed by atoms with Crippen LogP contribution in [0.1, 0.15) is 121 Å². The number of nitrogens with two attached hydrogens (primary N) is 1. The molecule has 2 aliphatic carbocycles. The second-order valence-corrected chi connectivity index (χ2v) is 9.97. The predicted octanol–water partition coefficient (Wildman–Crippen LogP) is 8.49. The molecule has 0 bridgehead atoms. The minimum atomic E-state index is 0.783. The van der Waals surface area contributed by atoms with Gasteiger partial charge >= 0.3 is 0 Å². The molecule has 0 atom stereocenters. The van der Waals surface area contributed by atoms with Crippen LogP contribution in [-0.2, 0) is 0 Å². The first-order valence-electron chi connectivity index (χ1n) is 12.6. The zero-order valence-electron chi connectivity index (χ0n) is 18.5. The van der Waals surface area contributed by atoms with Gasteiger partial charge in [-0.25, -0.2) is 0 Å². The van der Waals surface area contributed by atoms with Crippen LogP contribution in [0.5, 0.6) is 0 Å². The van der Waals surface area contributed by atoms with E-state index in [-0.39, 0.29) is 0 Å². The topological polar surface area (TPSA) is 26.0 Å². The third kappa shape index (κ3) is 6.82. The molecular weight excluding hydrogens is 338 g/mol. The molecule has 1 aromatic carbocycles. The Bertz CT molecular complexity index is 518. The van der Waals surface area contributed by atoms with E-state index in [9.17, 15) is 0 Å². The van der Waals surface area contributed by atoms with Gasteiger partial charge in [-0.2, -0.15) is 0 Å². The third-order valence-corrected chi connectivity index (χ3v) is 7.95. The van der Waals surface area contributed by atoms with Gasteiger partial charge in [0, 0.05) is 5.69 Å². The Labute approximate surface area is 174 Å². The van der Waals surface area contributed by atoms with Crippen molar-refractivity contribution in [1.29, 1.82) is 0 Å². The van der Waals surface area contributed by atoms with E-state index in [1.807, 2.05) is 0 Å². The lowest BCUT2D eigenvalue weighted by Gasteiger charge is -2.38. The predicted molar refractivity (Wildman–Crippen MR) is 124 cm³/mol. The van der Waals surface area contributed by atoms with Gasteiger partial charge in [0.15, 0.2) is 0 Å². The van der Waals surface area contributed by atoms with E-state index in [0.717, 1.165) is 29.4 Å². The zero-order valence-corrected chi connectivity index (χ0v) is 18.5. The summed E-state index contributed by atoms with van der Waals surface area (Å²) in [4.78, 5) is 0. The molecule has 0 amide bonds. The van der Waals surface area contributed by atoms with Crippen LogP contribution in [0.25, 0.3) is 0 Å². The van der Waals surface area contributed by atoms with E-state index in [1.165, 1.54) is 108 Å². The summed E-state index contributed by atoms with van der Waals surface area (Å²) in [5, 5.41) is 0. The lowest BCUT2D eigenvalue weighted by atomic mass is 9.68. The minimum Gasteiger partial charge on any atom is -0.399 e. The van der Waals surface area contributed by atoms with E-state index in [4.69, 9.17) is 5.73 Å². The van der Waals surface area contributed by atoms with Crippen molar-refractivity contribution in [2.24, 2.45) is 17.8 Å². The van der Waals surface area contributed by atoms with Crippen molar-refractivity contribution in [3.63, 3.8) is 0 Å². The highest BCUT2D eigenvalue weighted by atomic mass is 14.5. The monoisotopic (exact) mass is 383 g/mol. The molecule has 0 aromatic heterocycles. The van der Waals surface area contributed by atoms with Crippen LogP contribution in [0.3, 0.4) is 0 Å². The smallest absolute Gasteiger partial charge is 0.0314 e. The molecule has 0 aliphatic heterocycles. The van der Waals surface area contributed by atoms with Crippen molar-refractivity contribution in [1.82, 2.24) is 0 Å². The van der Waals surface area contributed by atoms with E-state index >= 15 is 0 Å². The Balaban J connectivity index is 1.28. The lowest BCUT2D eigenvalue weighted by Crippen LogP contribution is -2.25. The number of rotatable bonds is 10. The van der Waals surface area contributed by atoms with Gasteiger partial charge in [-0.15, -0.1) is 0 Å². The standard InChI is InChI=1S/C27H45N/c1-2-3-4-5-6-7-8-9-22-10-12-23(13-11-22)24-14-16-25(17-15-24)26-18-20-27(28)21-19-26/h18-25H,2-17,28H2,1H3/t22?,23?,24-,25-. The molecule has 2 fully saturated rings. The van der Waals surface area contributed by atoms with Crippen LogP contribution >= 0.6 is 0 Å². The van der Waals surface area contributed by atoms with Crippen LogP contribution in [-0.4, -0.2) is 0 Å². The molecule has 1 nitrogen and oxygen atoms in total. The fourth-order valence-corrected chi connectivity index (χ4v) is 6.03. The first-order chi connectivity index (χ1) is 13.8. The summed E-state index contributed by atoms with van der Waals surface area (Å²) in [6.07, 6.45) is 23.5. The summed E-state index contributed by atoms with van der Waals surface area (Å²) >= 11 is 0. The average molecular weight is 384 g/mol. The highest BCUT2D eigenvalue weighted by molar-refractivity contribution is 5.40. The Kier molecular flexibility index (Phi) is 9.22. The summed E-state index contributed by atoms with van der Waals surface area (Å²) in [5.41, 5.74) is 8.26. The SMILES string of the molecule is CCCCCCCCCC1CCC([C@H]2CC[C@H](c3ccc(N)cc3)CC2)CC1. The van der Waals surface area contributed by atoms with Gasteiger partial charge in [0.05, 0.1) is 0 Å². The molecule has 0 spiro atoms. The highest BCUT2D eigenvalue weighted by Gasteiger charge is 2.31. The van der Waals surface area contributed by atoms with Gasteiger partial charge in [-0.3, -0.25) is 0 Å². The summed E-state index contributed by atoms with van der Waals surface area (Å²) in [6, 6.07) is 8.67. The Hall–Kier alpha value is -0.980. The minimum absolute atomic E-state index is 0.783. The van der Waals surface area contributed by atoms with Gasteiger partial charge in [0.2, 0.25) is 0 Å². The molecule has 3 rings (SSSR count). The first kappa shape index (κ1) is 21.7. The van der Waals surface area contributed by atoms with Crippen molar-refractivity contribution in [2.45, 2.75) is 116 Å². The molecule has 2 saturated carbocycles. The number of hydrogen-bond acceptors (Lipinski definition) is 1. The largest absolute Gasteiger partial charge is 0.399 e. The maximum atomic E-state index is 5.85. The number of nitrogen functional groups attached to an aromatic ring is 1. The quantitative estimate of drug-likeness (QED) is 0.318. The second kappa shape index (κ2) is 11.9. The number of hydrogen-bond donors (Lipinski definition) is 1. The Morgan fingerprint density at radius 3 is 1.82 bits per heavy atom. The number of anilines is 1. The molecular formula is C27H45N. The molecule has 0 heterocycles. The van der Waals surface area contributed by atoms with Gasteiger partial charge in [-0.1, -0.05) is 83.3 Å². The summed E-state index contributed by atoms with van der Waals surface area (Å²) < 4.78 is 0. The van der Waals surface area contributed by atoms with E-state index in [1.54, 1.807) is 0 Å². The molecule has 158 valence electrons. The van der Waals surface area contributed by atoms with Crippen molar-refractivity contribution in [3.05, 3.63) is 29.8 Å². The van der Waals surface area contributed by atoms with Gasteiger partial charge in [0.1, 0.15) is 0 Å². The second-order valence-electron chi connectivity index (χ2n) is 9.97. The van der Waals surface area contributed by atoms with Crippen molar-refractivity contribution in [2.75, 3.05) is 5.73 Å². The Morgan fingerprint density at radius 1 is 0.679 bits per heavy atom. The zero-order chi connectivity index (χ0) is 19.6. The van der Waals surface area contributed by atoms with E-state index in [0.29, 0.717) is 0 Å². The van der Waals surface area contributed by atoms with E-state index < -0.39 is 0 Å². The van der Waals surface area contributed by atoms with Crippen LogP contribution < -0.4 is 5.73 Å². The maximum absolute atomic E-state index is 5.85. The number of benzene rings is 1. The number of unbranched alkanes of at least 4 members (excludes halogenated alkanes) is 6. The van der Waals surface area contributed by atoms with Crippen LogP contribution in [0.15, 0.2) is 24.3 Å². The molecule has 0 radical (unpaired) electrons. The Morgan fingerprint density at radius 2 is 1.21 bits per heavy atom. The molecule has 0 unspecified atom stereocenters. The van der Waals surface area contributed by atoms with Crippen molar-refractivity contribution < 1.29 is 0 Å². The van der Waals surface area contributed by atoms with Gasteiger partial charge in [-0.05, 0) is 79.9 Å².